The van der Waals surface area contributed by atoms with Crippen molar-refractivity contribution in [3.05, 3.63) is 29.7 Å². The number of benzene rings is 1. The van der Waals surface area contributed by atoms with Gasteiger partial charge in [0.2, 0.25) is 11.7 Å². The Kier molecular flexibility index (Phi) is 4.41. The molecule has 1 aromatic heterocycles. The lowest BCUT2D eigenvalue weighted by molar-refractivity contribution is 0.0199. The smallest absolute Gasteiger partial charge is 0.410 e. The molecule has 3 rings (SSSR count). The number of nitrogens with zero attached hydrogens (tertiary/aromatic N) is 3. The molecule has 2 heterocycles. The van der Waals surface area contributed by atoms with Crippen molar-refractivity contribution in [2.75, 3.05) is 12.3 Å². The summed E-state index contributed by atoms with van der Waals surface area (Å²) >= 11 is 0. The van der Waals surface area contributed by atoms with Gasteiger partial charge >= 0.3 is 6.09 Å². The third-order valence-corrected chi connectivity index (χ3v) is 4.15. The second kappa shape index (κ2) is 6.38. The number of carbonyl (C=O) groups excluding carboxylic acids is 1. The zero-order chi connectivity index (χ0) is 18.2. The Balaban J connectivity index is 1.81. The molecule has 0 saturated carbocycles. The number of nitrogens with two attached hydrogens (primary N) is 1. The number of aryl methyl sites for hydroxylation is 1. The predicted molar refractivity (Wildman–Crippen MR) is 93.8 cm³/mol. The fourth-order valence-electron chi connectivity index (χ4n) is 2.83. The maximum Gasteiger partial charge on any atom is 0.410 e. The van der Waals surface area contributed by atoms with Gasteiger partial charge in [-0.2, -0.15) is 4.98 Å². The second-order valence-corrected chi connectivity index (χ2v) is 7.36. The molecule has 7 heteroatoms. The highest BCUT2D eigenvalue weighted by atomic mass is 16.6. The molecule has 1 aliphatic rings. The zero-order valence-corrected chi connectivity index (χ0v) is 15.1. The van der Waals surface area contributed by atoms with Gasteiger partial charge in [-0.15, -0.1) is 0 Å². The number of amides is 1. The molecule has 0 aliphatic carbocycles. The van der Waals surface area contributed by atoms with E-state index in [1.165, 1.54) is 0 Å². The minimum Gasteiger partial charge on any atom is -0.444 e. The predicted octanol–water partition coefficient (Wildman–Crippen LogP) is 3.70. The zero-order valence-electron chi connectivity index (χ0n) is 15.1. The molecule has 1 saturated heterocycles. The molecule has 1 amide bonds. The number of carbonyl (C=O) groups is 1. The Labute approximate surface area is 147 Å². The van der Waals surface area contributed by atoms with Crippen LogP contribution in [-0.4, -0.2) is 33.3 Å². The van der Waals surface area contributed by atoms with Gasteiger partial charge in [-0.25, -0.2) is 4.79 Å². The van der Waals surface area contributed by atoms with E-state index >= 15 is 0 Å². The molecule has 1 fully saturated rings. The number of anilines is 1. The van der Waals surface area contributed by atoms with Gasteiger partial charge in [0.05, 0.1) is 0 Å². The molecule has 0 unspecified atom stereocenters. The minimum absolute atomic E-state index is 0.251. The molecular weight excluding hydrogens is 320 g/mol. The summed E-state index contributed by atoms with van der Waals surface area (Å²) in [5.41, 5.74) is 7.89. The molecule has 0 radical (unpaired) electrons. The van der Waals surface area contributed by atoms with Crippen LogP contribution >= 0.6 is 0 Å². The van der Waals surface area contributed by atoms with Crippen LogP contribution in [0.2, 0.25) is 0 Å². The first-order chi connectivity index (χ1) is 11.7. The topological polar surface area (TPSA) is 94.5 Å². The van der Waals surface area contributed by atoms with Crippen molar-refractivity contribution in [2.24, 2.45) is 0 Å². The molecule has 1 aromatic carbocycles. The summed E-state index contributed by atoms with van der Waals surface area (Å²) < 4.78 is 10.9. The van der Waals surface area contributed by atoms with Crippen molar-refractivity contribution >= 4 is 11.8 Å². The Morgan fingerprint density at radius 2 is 2.16 bits per heavy atom. The van der Waals surface area contributed by atoms with Crippen molar-refractivity contribution in [1.82, 2.24) is 15.0 Å². The quantitative estimate of drug-likeness (QED) is 0.835. The number of likely N-dealkylation sites (tertiary alicyclic amines) is 1. The maximum atomic E-state index is 12.4. The van der Waals surface area contributed by atoms with E-state index in [-0.39, 0.29) is 12.1 Å². The van der Waals surface area contributed by atoms with E-state index in [4.69, 9.17) is 15.0 Å². The SMILES string of the molecule is Cc1ccc(-c2noc([C@@H]3CCCN3C(=O)OC(C)(C)C)n2)cc1N. The Morgan fingerprint density at radius 1 is 1.40 bits per heavy atom. The van der Waals surface area contributed by atoms with Crippen LogP contribution in [0, 0.1) is 6.92 Å². The van der Waals surface area contributed by atoms with Crippen molar-refractivity contribution in [2.45, 2.75) is 52.2 Å². The lowest BCUT2D eigenvalue weighted by atomic mass is 10.1. The van der Waals surface area contributed by atoms with E-state index in [0.717, 1.165) is 24.0 Å². The molecule has 7 nitrogen and oxygen atoms in total. The Hall–Kier alpha value is -2.57. The van der Waals surface area contributed by atoms with Gasteiger partial charge in [0.1, 0.15) is 11.6 Å². The average molecular weight is 344 g/mol. The Morgan fingerprint density at radius 3 is 2.84 bits per heavy atom. The number of nitrogen functional groups attached to an aromatic ring is 1. The lowest BCUT2D eigenvalue weighted by Gasteiger charge is -2.26. The first-order valence-electron chi connectivity index (χ1n) is 8.44. The molecule has 25 heavy (non-hydrogen) atoms. The highest BCUT2D eigenvalue weighted by Gasteiger charge is 2.36. The van der Waals surface area contributed by atoms with E-state index in [1.807, 2.05) is 45.9 Å². The van der Waals surface area contributed by atoms with E-state index < -0.39 is 5.60 Å². The fourth-order valence-corrected chi connectivity index (χ4v) is 2.83. The molecule has 0 bridgehead atoms. The molecule has 1 atom stereocenters. The third-order valence-electron chi connectivity index (χ3n) is 4.15. The van der Waals surface area contributed by atoms with Crippen LogP contribution in [0.3, 0.4) is 0 Å². The van der Waals surface area contributed by atoms with Gasteiger partial charge in [-0.05, 0) is 52.2 Å². The highest BCUT2D eigenvalue weighted by molar-refractivity contribution is 5.69. The van der Waals surface area contributed by atoms with Crippen LogP contribution in [0.1, 0.15) is 51.1 Å². The highest BCUT2D eigenvalue weighted by Crippen LogP contribution is 2.33. The van der Waals surface area contributed by atoms with Crippen molar-refractivity contribution in [1.29, 1.82) is 0 Å². The summed E-state index contributed by atoms with van der Waals surface area (Å²) in [6.45, 7) is 8.11. The number of hydrogen-bond acceptors (Lipinski definition) is 6. The first-order valence-corrected chi connectivity index (χ1v) is 8.44. The number of aromatic nitrogens is 2. The normalized spacial score (nSPS) is 17.8. The molecule has 0 spiro atoms. The van der Waals surface area contributed by atoms with E-state index in [1.54, 1.807) is 4.90 Å². The number of ether oxygens (including phenoxy) is 1. The number of hydrogen-bond donors (Lipinski definition) is 1. The van der Waals surface area contributed by atoms with Gasteiger partial charge in [-0.1, -0.05) is 17.3 Å². The summed E-state index contributed by atoms with van der Waals surface area (Å²) in [5.74, 6) is 0.898. The number of rotatable bonds is 2. The van der Waals surface area contributed by atoms with Crippen LogP contribution in [0.5, 0.6) is 0 Å². The Bertz CT molecular complexity index is 779. The summed E-state index contributed by atoms with van der Waals surface area (Å²) in [6, 6.07) is 5.40. The summed E-state index contributed by atoms with van der Waals surface area (Å²) in [5, 5.41) is 4.05. The van der Waals surface area contributed by atoms with Gasteiger partial charge in [-0.3, -0.25) is 4.90 Å². The van der Waals surface area contributed by atoms with Crippen LogP contribution in [0.4, 0.5) is 10.5 Å². The molecule has 2 aromatic rings. The molecular formula is C18H24N4O3. The van der Waals surface area contributed by atoms with E-state index in [9.17, 15) is 4.79 Å². The summed E-state index contributed by atoms with van der Waals surface area (Å²) in [4.78, 5) is 18.5. The summed E-state index contributed by atoms with van der Waals surface area (Å²) in [7, 11) is 0. The molecule has 134 valence electrons. The largest absolute Gasteiger partial charge is 0.444 e. The van der Waals surface area contributed by atoms with Crippen LogP contribution in [-0.2, 0) is 4.74 Å². The average Bonchev–Trinajstić information content (AvgIpc) is 3.16. The van der Waals surface area contributed by atoms with Gasteiger partial charge < -0.3 is 15.0 Å². The lowest BCUT2D eigenvalue weighted by Crippen LogP contribution is -2.36. The summed E-state index contributed by atoms with van der Waals surface area (Å²) in [6.07, 6.45) is 1.30. The molecule has 2 N–H and O–H groups in total. The van der Waals surface area contributed by atoms with Crippen molar-refractivity contribution in [3.63, 3.8) is 0 Å². The van der Waals surface area contributed by atoms with Gasteiger partial charge in [0.15, 0.2) is 0 Å². The molecule has 1 aliphatic heterocycles. The van der Waals surface area contributed by atoms with E-state index in [2.05, 4.69) is 10.1 Å². The minimum atomic E-state index is -0.538. The standard InChI is InChI=1S/C18H24N4O3/c1-11-7-8-12(10-13(11)19)15-20-16(25-21-15)14-6-5-9-22(14)17(23)24-18(2,3)4/h7-8,10,14H,5-6,9,19H2,1-4H3/t14-/m0/s1. The second-order valence-electron chi connectivity index (χ2n) is 7.36. The van der Waals surface area contributed by atoms with Crippen molar-refractivity contribution in [3.8, 4) is 11.4 Å². The first kappa shape index (κ1) is 17.3. The van der Waals surface area contributed by atoms with Crippen LogP contribution in [0.15, 0.2) is 22.7 Å². The van der Waals surface area contributed by atoms with Crippen molar-refractivity contribution < 1.29 is 14.1 Å². The van der Waals surface area contributed by atoms with E-state index in [0.29, 0.717) is 23.9 Å². The van der Waals surface area contributed by atoms with Crippen LogP contribution < -0.4 is 5.73 Å². The van der Waals surface area contributed by atoms with Gasteiger partial charge in [0.25, 0.3) is 0 Å². The fraction of sp³-hybridized carbons (Fsp3) is 0.500. The van der Waals surface area contributed by atoms with Gasteiger partial charge in [0, 0.05) is 17.8 Å². The van der Waals surface area contributed by atoms with Crippen LogP contribution in [0.25, 0.3) is 11.4 Å². The monoisotopic (exact) mass is 344 g/mol. The maximum absolute atomic E-state index is 12.4. The third kappa shape index (κ3) is 3.75.